The van der Waals surface area contributed by atoms with Gasteiger partial charge in [0.2, 0.25) is 0 Å². The van der Waals surface area contributed by atoms with Crippen LogP contribution in [0.5, 0.6) is 5.75 Å². The third kappa shape index (κ3) is 3.28. The molecule has 0 aliphatic rings. The minimum absolute atomic E-state index is 0.410. The molecule has 0 aliphatic carbocycles. The standard InChI is InChI=1S/C29H22N2O/c1-3-14-24-21(9-1)11-7-13-23(24)19-31-27-17-6-5-16-26(27)30-29(31)20-32-28-18-8-12-22-10-2-4-15-25(22)28/h1-18H,19-20H2. The molecule has 0 amide bonds. The number of fused-ring (bicyclic) bond motifs is 3. The van der Waals surface area contributed by atoms with Crippen molar-refractivity contribution in [2.45, 2.75) is 13.2 Å². The maximum atomic E-state index is 6.32. The average molecular weight is 415 g/mol. The summed E-state index contributed by atoms with van der Waals surface area (Å²) in [6.07, 6.45) is 0. The fraction of sp³-hybridized carbons (Fsp3) is 0.0690. The Labute approximate surface area is 186 Å². The zero-order valence-electron chi connectivity index (χ0n) is 17.6. The minimum atomic E-state index is 0.410. The average Bonchev–Trinajstić information content (AvgIpc) is 3.20. The first-order valence-electron chi connectivity index (χ1n) is 10.9. The molecule has 6 aromatic rings. The van der Waals surface area contributed by atoms with Gasteiger partial charge in [-0.1, -0.05) is 91.0 Å². The molecule has 0 bridgehead atoms. The lowest BCUT2D eigenvalue weighted by Crippen LogP contribution is -2.09. The van der Waals surface area contributed by atoms with Crippen molar-refractivity contribution in [1.82, 2.24) is 9.55 Å². The highest BCUT2D eigenvalue weighted by molar-refractivity contribution is 5.88. The molecular weight excluding hydrogens is 392 g/mol. The molecule has 0 unspecified atom stereocenters. The van der Waals surface area contributed by atoms with Gasteiger partial charge in [-0.25, -0.2) is 4.98 Å². The SMILES string of the molecule is c1ccc2c(Cn3c(COc4cccc5ccccc45)nc4ccccc43)cccc2c1. The van der Waals surface area contributed by atoms with Gasteiger partial charge < -0.3 is 9.30 Å². The number of nitrogens with zero attached hydrogens (tertiary/aromatic N) is 2. The third-order valence-corrected chi connectivity index (χ3v) is 6.05. The van der Waals surface area contributed by atoms with E-state index in [1.807, 2.05) is 24.3 Å². The summed E-state index contributed by atoms with van der Waals surface area (Å²) in [6.45, 7) is 1.16. The van der Waals surface area contributed by atoms with E-state index in [0.29, 0.717) is 6.61 Å². The summed E-state index contributed by atoms with van der Waals surface area (Å²) >= 11 is 0. The van der Waals surface area contributed by atoms with Crippen LogP contribution in [0.15, 0.2) is 109 Å². The molecule has 0 fully saturated rings. The molecule has 0 radical (unpaired) electrons. The Morgan fingerprint density at radius 1 is 0.625 bits per heavy atom. The van der Waals surface area contributed by atoms with Crippen LogP contribution >= 0.6 is 0 Å². The topological polar surface area (TPSA) is 27.1 Å². The van der Waals surface area contributed by atoms with Crippen molar-refractivity contribution < 1.29 is 4.74 Å². The molecule has 6 rings (SSSR count). The van der Waals surface area contributed by atoms with Crippen LogP contribution in [0.2, 0.25) is 0 Å². The molecule has 0 N–H and O–H groups in total. The summed E-state index contributed by atoms with van der Waals surface area (Å²) in [6, 6.07) is 37.8. The molecular formula is C29H22N2O. The molecule has 3 nitrogen and oxygen atoms in total. The van der Waals surface area contributed by atoms with E-state index in [1.165, 1.54) is 21.7 Å². The van der Waals surface area contributed by atoms with Crippen molar-refractivity contribution in [3.8, 4) is 5.75 Å². The number of imidazole rings is 1. The van der Waals surface area contributed by atoms with E-state index in [-0.39, 0.29) is 0 Å². The third-order valence-electron chi connectivity index (χ3n) is 6.05. The van der Waals surface area contributed by atoms with Crippen LogP contribution in [0.4, 0.5) is 0 Å². The quantitative estimate of drug-likeness (QED) is 0.305. The summed E-state index contributed by atoms with van der Waals surface area (Å²) in [5.41, 5.74) is 3.39. The number of para-hydroxylation sites is 2. The monoisotopic (exact) mass is 414 g/mol. The van der Waals surface area contributed by atoms with Crippen molar-refractivity contribution in [1.29, 1.82) is 0 Å². The molecule has 0 saturated carbocycles. The van der Waals surface area contributed by atoms with Crippen LogP contribution in [-0.2, 0) is 13.2 Å². The summed E-state index contributed by atoms with van der Waals surface area (Å²) in [7, 11) is 0. The van der Waals surface area contributed by atoms with Crippen molar-refractivity contribution in [3.63, 3.8) is 0 Å². The van der Waals surface area contributed by atoms with Gasteiger partial charge in [0.15, 0.2) is 0 Å². The van der Waals surface area contributed by atoms with Crippen LogP contribution in [0.25, 0.3) is 32.6 Å². The van der Waals surface area contributed by atoms with Crippen molar-refractivity contribution in [2.75, 3.05) is 0 Å². The van der Waals surface area contributed by atoms with Gasteiger partial charge in [-0.15, -0.1) is 0 Å². The zero-order valence-corrected chi connectivity index (χ0v) is 17.6. The van der Waals surface area contributed by atoms with Crippen LogP contribution in [0, 0.1) is 0 Å². The van der Waals surface area contributed by atoms with Gasteiger partial charge in [0, 0.05) is 5.39 Å². The molecule has 3 heteroatoms. The maximum absolute atomic E-state index is 6.32. The molecule has 1 heterocycles. The molecule has 1 aromatic heterocycles. The highest BCUT2D eigenvalue weighted by Gasteiger charge is 2.13. The normalized spacial score (nSPS) is 11.4. The second kappa shape index (κ2) is 7.86. The Bertz CT molecular complexity index is 1550. The molecule has 0 saturated heterocycles. The van der Waals surface area contributed by atoms with E-state index < -0.39 is 0 Å². The summed E-state index contributed by atoms with van der Waals surface area (Å²) in [5, 5.41) is 4.82. The summed E-state index contributed by atoms with van der Waals surface area (Å²) in [4.78, 5) is 4.92. The Hall–Kier alpha value is -4.11. The van der Waals surface area contributed by atoms with Crippen LogP contribution < -0.4 is 4.74 Å². The second-order valence-corrected chi connectivity index (χ2v) is 8.01. The number of benzene rings is 5. The van der Waals surface area contributed by atoms with Crippen molar-refractivity contribution in [3.05, 3.63) is 121 Å². The summed E-state index contributed by atoms with van der Waals surface area (Å²) < 4.78 is 8.60. The van der Waals surface area contributed by atoms with Gasteiger partial charge in [0.25, 0.3) is 0 Å². The predicted octanol–water partition coefficient (Wildman–Crippen LogP) is 6.97. The number of hydrogen-bond donors (Lipinski definition) is 0. The van der Waals surface area contributed by atoms with Gasteiger partial charge >= 0.3 is 0 Å². The summed E-state index contributed by atoms with van der Waals surface area (Å²) in [5.74, 6) is 1.80. The lowest BCUT2D eigenvalue weighted by atomic mass is 10.0. The molecule has 0 spiro atoms. The molecule has 5 aromatic carbocycles. The van der Waals surface area contributed by atoms with Gasteiger partial charge in [-0.2, -0.15) is 0 Å². The van der Waals surface area contributed by atoms with E-state index in [0.717, 1.165) is 34.5 Å². The molecule has 154 valence electrons. The fourth-order valence-corrected chi connectivity index (χ4v) is 4.48. The number of hydrogen-bond acceptors (Lipinski definition) is 2. The number of rotatable bonds is 5. The second-order valence-electron chi connectivity index (χ2n) is 8.01. The minimum Gasteiger partial charge on any atom is -0.485 e. The Kier molecular flexibility index (Phi) is 4.58. The number of ether oxygens (including phenoxy) is 1. The van der Waals surface area contributed by atoms with Crippen LogP contribution in [-0.4, -0.2) is 9.55 Å². The highest BCUT2D eigenvalue weighted by Crippen LogP contribution is 2.27. The fourth-order valence-electron chi connectivity index (χ4n) is 4.48. The molecule has 32 heavy (non-hydrogen) atoms. The predicted molar refractivity (Wildman–Crippen MR) is 131 cm³/mol. The van der Waals surface area contributed by atoms with E-state index in [1.54, 1.807) is 0 Å². The van der Waals surface area contributed by atoms with E-state index in [9.17, 15) is 0 Å². The largest absolute Gasteiger partial charge is 0.485 e. The maximum Gasteiger partial charge on any atom is 0.148 e. The Morgan fingerprint density at radius 2 is 1.28 bits per heavy atom. The van der Waals surface area contributed by atoms with E-state index in [2.05, 4.69) is 89.5 Å². The molecule has 0 aliphatic heterocycles. The molecule has 0 atom stereocenters. The van der Waals surface area contributed by atoms with Crippen LogP contribution in [0.1, 0.15) is 11.4 Å². The Balaban J connectivity index is 1.40. The van der Waals surface area contributed by atoms with E-state index in [4.69, 9.17) is 9.72 Å². The first-order chi connectivity index (χ1) is 15.9. The van der Waals surface area contributed by atoms with Gasteiger partial charge in [0.05, 0.1) is 17.6 Å². The number of aromatic nitrogens is 2. The van der Waals surface area contributed by atoms with Crippen molar-refractivity contribution in [2.24, 2.45) is 0 Å². The lowest BCUT2D eigenvalue weighted by Gasteiger charge is -2.13. The highest BCUT2D eigenvalue weighted by atomic mass is 16.5. The smallest absolute Gasteiger partial charge is 0.148 e. The zero-order chi connectivity index (χ0) is 21.3. The van der Waals surface area contributed by atoms with Gasteiger partial charge in [-0.3, -0.25) is 0 Å². The lowest BCUT2D eigenvalue weighted by molar-refractivity contribution is 0.295. The first kappa shape index (κ1) is 18.6. The van der Waals surface area contributed by atoms with E-state index >= 15 is 0 Å². The van der Waals surface area contributed by atoms with Crippen molar-refractivity contribution >= 4 is 32.6 Å². The van der Waals surface area contributed by atoms with Crippen LogP contribution in [0.3, 0.4) is 0 Å². The van der Waals surface area contributed by atoms with Gasteiger partial charge in [0.1, 0.15) is 18.2 Å². The Morgan fingerprint density at radius 3 is 2.16 bits per heavy atom. The first-order valence-corrected chi connectivity index (χ1v) is 10.9. The van der Waals surface area contributed by atoms with Gasteiger partial charge in [-0.05, 0) is 39.9 Å².